The van der Waals surface area contributed by atoms with Crippen molar-refractivity contribution in [1.29, 1.82) is 0 Å². The van der Waals surface area contributed by atoms with Gasteiger partial charge in [0.1, 0.15) is 5.75 Å². The molecule has 2 aliphatic rings. The Hall–Kier alpha value is -2.63. The molecule has 3 nitrogen and oxygen atoms in total. The van der Waals surface area contributed by atoms with Gasteiger partial charge in [-0.3, -0.25) is 0 Å². The van der Waals surface area contributed by atoms with Crippen LogP contribution in [0.3, 0.4) is 0 Å². The van der Waals surface area contributed by atoms with Crippen LogP contribution in [-0.2, 0) is 0 Å². The fourth-order valence-electron chi connectivity index (χ4n) is 4.22. The Morgan fingerprint density at radius 3 is 2.72 bits per heavy atom. The summed E-state index contributed by atoms with van der Waals surface area (Å²) in [6, 6.07) is 25.7. The predicted molar refractivity (Wildman–Crippen MR) is 122 cm³/mol. The summed E-state index contributed by atoms with van der Waals surface area (Å²) in [7, 11) is 0. The number of rotatable bonds is 2. The van der Waals surface area contributed by atoms with Crippen molar-refractivity contribution < 1.29 is 4.74 Å². The third-order valence-electron chi connectivity index (χ3n) is 5.62. The van der Waals surface area contributed by atoms with Gasteiger partial charge < -0.3 is 4.74 Å². The van der Waals surface area contributed by atoms with Gasteiger partial charge in [-0.1, -0.05) is 58.4 Å². The van der Waals surface area contributed by atoms with Crippen LogP contribution in [0.5, 0.6) is 5.75 Å². The van der Waals surface area contributed by atoms with E-state index < -0.39 is 0 Å². The monoisotopic (exact) mass is 460 g/mol. The summed E-state index contributed by atoms with van der Waals surface area (Å²) < 4.78 is 7.47. The Bertz CT molecular complexity index is 1250. The van der Waals surface area contributed by atoms with Crippen molar-refractivity contribution in [1.82, 2.24) is 5.01 Å². The van der Waals surface area contributed by atoms with Crippen LogP contribution in [-0.4, -0.2) is 10.7 Å². The lowest BCUT2D eigenvalue weighted by atomic mass is 9.95. The van der Waals surface area contributed by atoms with Gasteiger partial charge >= 0.3 is 0 Å². The van der Waals surface area contributed by atoms with Crippen LogP contribution in [0.2, 0.25) is 0 Å². The van der Waals surface area contributed by atoms with Crippen LogP contribution in [0.4, 0.5) is 0 Å². The van der Waals surface area contributed by atoms with E-state index >= 15 is 0 Å². The molecule has 0 saturated carbocycles. The maximum absolute atomic E-state index is 6.41. The Labute approximate surface area is 181 Å². The van der Waals surface area contributed by atoms with E-state index in [0.717, 1.165) is 22.4 Å². The van der Waals surface area contributed by atoms with E-state index in [4.69, 9.17) is 9.84 Å². The smallest absolute Gasteiger partial charge is 0.222 e. The maximum atomic E-state index is 6.41. The summed E-state index contributed by atoms with van der Waals surface area (Å²) in [5, 5.41) is 11.8. The van der Waals surface area contributed by atoms with Gasteiger partial charge in [-0.2, -0.15) is 5.10 Å². The minimum atomic E-state index is -0.188. The van der Waals surface area contributed by atoms with Gasteiger partial charge in [0.05, 0.1) is 16.6 Å². The molecule has 4 aromatic rings. The number of benzene rings is 3. The van der Waals surface area contributed by atoms with Crippen molar-refractivity contribution in [2.24, 2.45) is 5.10 Å². The summed E-state index contributed by atoms with van der Waals surface area (Å²) >= 11 is 5.33. The molecule has 0 saturated heterocycles. The highest BCUT2D eigenvalue weighted by Gasteiger charge is 2.41. The van der Waals surface area contributed by atoms with Crippen molar-refractivity contribution in [2.75, 3.05) is 0 Å². The highest BCUT2D eigenvalue weighted by atomic mass is 79.9. The van der Waals surface area contributed by atoms with E-state index in [1.807, 2.05) is 6.07 Å². The molecule has 1 aromatic heterocycles. The van der Waals surface area contributed by atoms with Crippen LogP contribution in [0.25, 0.3) is 10.8 Å². The molecule has 0 amide bonds. The molecule has 142 valence electrons. The van der Waals surface area contributed by atoms with E-state index in [9.17, 15) is 0 Å². The minimum Gasteiger partial charge on any atom is -0.464 e. The molecule has 0 aliphatic carbocycles. The molecular formula is C24H17BrN2OS. The number of fused-ring (bicyclic) bond motifs is 4. The second-order valence-corrected chi connectivity index (χ2v) is 9.27. The van der Waals surface area contributed by atoms with Crippen molar-refractivity contribution in [3.8, 4) is 5.75 Å². The van der Waals surface area contributed by atoms with Gasteiger partial charge in [0.15, 0.2) is 0 Å². The molecule has 3 heterocycles. The molecule has 6 rings (SSSR count). The van der Waals surface area contributed by atoms with Crippen LogP contribution in [0.15, 0.2) is 87.8 Å². The normalized spacial score (nSPS) is 20.2. The molecule has 29 heavy (non-hydrogen) atoms. The maximum Gasteiger partial charge on any atom is 0.222 e. The quantitative estimate of drug-likeness (QED) is 0.324. The summed E-state index contributed by atoms with van der Waals surface area (Å²) in [6.07, 6.45) is 0.680. The van der Waals surface area contributed by atoms with Crippen LogP contribution >= 0.6 is 27.3 Å². The number of hydrogen-bond donors (Lipinski definition) is 0. The molecule has 2 atom stereocenters. The second kappa shape index (κ2) is 6.71. The lowest BCUT2D eigenvalue weighted by Gasteiger charge is -2.37. The molecule has 0 spiro atoms. The zero-order chi connectivity index (χ0) is 19.4. The van der Waals surface area contributed by atoms with E-state index in [1.54, 1.807) is 11.3 Å². The summed E-state index contributed by atoms with van der Waals surface area (Å²) in [5.74, 6) is 0.947. The zero-order valence-corrected chi connectivity index (χ0v) is 17.9. The Morgan fingerprint density at radius 2 is 1.86 bits per heavy atom. The predicted octanol–water partition coefficient (Wildman–Crippen LogP) is 6.91. The van der Waals surface area contributed by atoms with Gasteiger partial charge in [0.2, 0.25) is 6.23 Å². The fourth-order valence-corrected chi connectivity index (χ4v) is 5.34. The van der Waals surface area contributed by atoms with Gasteiger partial charge in [0.25, 0.3) is 0 Å². The molecule has 5 heteroatoms. The van der Waals surface area contributed by atoms with Crippen molar-refractivity contribution in [3.63, 3.8) is 0 Å². The molecule has 3 aromatic carbocycles. The van der Waals surface area contributed by atoms with Crippen molar-refractivity contribution in [3.05, 3.63) is 98.7 Å². The van der Waals surface area contributed by atoms with E-state index in [0.29, 0.717) is 0 Å². The van der Waals surface area contributed by atoms with Gasteiger partial charge in [-0.25, -0.2) is 5.01 Å². The first kappa shape index (κ1) is 17.2. The summed E-state index contributed by atoms with van der Waals surface area (Å²) in [4.78, 5) is 1.17. The third kappa shape index (κ3) is 2.88. The molecule has 0 bridgehead atoms. The first-order chi connectivity index (χ1) is 14.3. The van der Waals surface area contributed by atoms with Crippen molar-refractivity contribution in [2.45, 2.75) is 18.7 Å². The number of hydrogen-bond acceptors (Lipinski definition) is 4. The second-order valence-electron chi connectivity index (χ2n) is 7.38. The highest BCUT2D eigenvalue weighted by molar-refractivity contribution is 9.10. The number of thiophene rings is 1. The number of nitrogens with zero attached hydrogens (tertiary/aromatic N) is 2. The highest BCUT2D eigenvalue weighted by Crippen LogP contribution is 2.48. The Balaban J connectivity index is 1.46. The number of hydrazone groups is 1. The van der Waals surface area contributed by atoms with Crippen LogP contribution in [0, 0.1) is 0 Å². The van der Waals surface area contributed by atoms with E-state index in [1.165, 1.54) is 26.8 Å². The van der Waals surface area contributed by atoms with Crippen LogP contribution < -0.4 is 4.74 Å². The van der Waals surface area contributed by atoms with Gasteiger partial charge in [0, 0.05) is 16.5 Å². The average Bonchev–Trinajstić information content (AvgIpc) is 3.43. The lowest BCUT2D eigenvalue weighted by Crippen LogP contribution is -2.33. The van der Waals surface area contributed by atoms with Crippen molar-refractivity contribution >= 4 is 43.8 Å². The first-order valence-corrected chi connectivity index (χ1v) is 11.3. The summed E-state index contributed by atoms with van der Waals surface area (Å²) in [6.45, 7) is 0. The van der Waals surface area contributed by atoms with E-state index in [-0.39, 0.29) is 12.3 Å². The topological polar surface area (TPSA) is 24.8 Å². The molecule has 0 radical (unpaired) electrons. The molecule has 0 N–H and O–H groups in total. The third-order valence-corrected chi connectivity index (χ3v) is 7.02. The SMILES string of the molecule is Brc1ccc2c(c1)[C@H]1CC(c3ccc4ccccc4c3)=NN1[C@H](c1cccs1)O2. The molecule has 0 fully saturated rings. The van der Waals surface area contributed by atoms with Gasteiger partial charge in [-0.15, -0.1) is 11.3 Å². The fraction of sp³-hybridized carbons (Fsp3) is 0.125. The molecular weight excluding hydrogens is 444 g/mol. The number of ether oxygens (including phenoxy) is 1. The number of halogens is 1. The van der Waals surface area contributed by atoms with Crippen LogP contribution in [0.1, 0.15) is 34.7 Å². The largest absolute Gasteiger partial charge is 0.464 e. The Morgan fingerprint density at radius 1 is 0.966 bits per heavy atom. The zero-order valence-electron chi connectivity index (χ0n) is 15.5. The Kier molecular flexibility index (Phi) is 3.99. The molecule has 0 unspecified atom stereocenters. The standard InChI is InChI=1S/C24H17BrN2OS/c25-18-9-10-22-19(13-18)21-14-20(17-8-7-15-4-1-2-5-16(15)12-17)26-27(21)24(28-22)23-6-3-11-29-23/h1-13,21,24H,14H2/t21-,24+/m1/s1. The first-order valence-electron chi connectivity index (χ1n) is 9.61. The summed E-state index contributed by atoms with van der Waals surface area (Å²) in [5.41, 5.74) is 3.48. The average molecular weight is 461 g/mol. The lowest BCUT2D eigenvalue weighted by molar-refractivity contribution is -0.0166. The van der Waals surface area contributed by atoms with Gasteiger partial charge in [-0.05, 0) is 52.0 Å². The van der Waals surface area contributed by atoms with E-state index in [2.05, 4.69) is 93.0 Å². The minimum absolute atomic E-state index is 0.171. The molecule has 2 aliphatic heterocycles.